The summed E-state index contributed by atoms with van der Waals surface area (Å²) in [6, 6.07) is 0. The van der Waals surface area contributed by atoms with Gasteiger partial charge in [0.1, 0.15) is 24.7 Å². The van der Waals surface area contributed by atoms with Gasteiger partial charge in [0.2, 0.25) is 4.45 Å². The molecule has 0 bridgehead atoms. The predicted octanol–water partition coefficient (Wildman–Crippen LogP) is -1.72. The van der Waals surface area contributed by atoms with Crippen molar-refractivity contribution in [2.24, 2.45) is 15.0 Å². The fraction of sp³-hybridized carbons (Fsp3) is 0.600. The lowest BCUT2D eigenvalue weighted by Crippen LogP contribution is -2.51. The van der Waals surface area contributed by atoms with Gasteiger partial charge in [0, 0.05) is 0 Å². The summed E-state index contributed by atoms with van der Waals surface area (Å²) in [5.74, 6) is 0.264. The summed E-state index contributed by atoms with van der Waals surface area (Å²) in [5, 5.41) is 36.7. The normalized spacial score (nSPS) is 43.1. The molecule has 0 saturated carbocycles. The number of amidine groups is 2. The van der Waals surface area contributed by atoms with Crippen LogP contribution in [-0.4, -0.2) is 80.2 Å². The first-order chi connectivity index (χ1) is 9.49. The minimum absolute atomic E-state index is 0.0482. The van der Waals surface area contributed by atoms with Crippen molar-refractivity contribution in [2.45, 2.75) is 29.0 Å². The molecule has 1 fully saturated rings. The van der Waals surface area contributed by atoms with E-state index in [0.29, 0.717) is 5.84 Å². The van der Waals surface area contributed by atoms with Gasteiger partial charge in [0.15, 0.2) is 17.9 Å². The van der Waals surface area contributed by atoms with E-state index in [1.165, 1.54) is 17.6 Å². The highest BCUT2D eigenvalue weighted by atomic mass is 79.9. The Morgan fingerprint density at radius 3 is 2.85 bits per heavy atom. The first-order valence-corrected chi connectivity index (χ1v) is 6.63. The van der Waals surface area contributed by atoms with E-state index < -0.39 is 35.6 Å². The molecular weight excluding hydrogens is 334 g/mol. The average Bonchev–Trinajstić information content (AvgIpc) is 2.91. The highest BCUT2D eigenvalue weighted by Crippen LogP contribution is 2.35. The third kappa shape index (κ3) is 1.76. The summed E-state index contributed by atoms with van der Waals surface area (Å²) in [6.07, 6.45) is -1.70. The van der Waals surface area contributed by atoms with E-state index in [1.54, 1.807) is 0 Å². The lowest BCUT2D eigenvalue weighted by Gasteiger charge is -2.30. The van der Waals surface area contributed by atoms with Crippen molar-refractivity contribution in [1.29, 1.82) is 5.41 Å². The molecule has 0 radical (unpaired) electrons. The van der Waals surface area contributed by atoms with Crippen LogP contribution < -0.4 is 0 Å². The number of alkyl halides is 1. The van der Waals surface area contributed by atoms with Crippen LogP contribution in [0.15, 0.2) is 15.0 Å². The van der Waals surface area contributed by atoms with Gasteiger partial charge in [-0.2, -0.15) is 0 Å². The van der Waals surface area contributed by atoms with Gasteiger partial charge in [-0.05, 0) is 15.9 Å². The van der Waals surface area contributed by atoms with Gasteiger partial charge < -0.3 is 20.1 Å². The first kappa shape index (κ1) is 13.8. The molecule has 5 atom stereocenters. The van der Waals surface area contributed by atoms with Gasteiger partial charge in [0.05, 0.1) is 12.9 Å². The monoisotopic (exact) mass is 345 g/mol. The number of aliphatic hydroxyl groups excluding tert-OH is 3. The van der Waals surface area contributed by atoms with Crippen LogP contribution in [0.5, 0.6) is 0 Å². The zero-order valence-electron chi connectivity index (χ0n) is 10.1. The molecule has 9 nitrogen and oxygen atoms in total. The molecule has 108 valence electrons. The molecule has 0 aromatic rings. The van der Waals surface area contributed by atoms with E-state index in [-0.39, 0.29) is 5.84 Å². The number of ether oxygens (including phenoxy) is 1. The van der Waals surface area contributed by atoms with Crippen LogP contribution in [0.4, 0.5) is 0 Å². The molecule has 0 aromatic heterocycles. The molecule has 0 aromatic carbocycles. The Morgan fingerprint density at radius 1 is 1.45 bits per heavy atom. The van der Waals surface area contributed by atoms with Gasteiger partial charge in [0.25, 0.3) is 0 Å². The maximum absolute atomic E-state index is 10.0. The minimum Gasteiger partial charge on any atom is -0.394 e. The van der Waals surface area contributed by atoms with E-state index in [4.69, 9.17) is 15.3 Å². The quantitative estimate of drug-likeness (QED) is 0.349. The molecule has 0 spiro atoms. The summed E-state index contributed by atoms with van der Waals surface area (Å²) >= 11 is 3.29. The Balaban J connectivity index is 1.90. The number of hydrogen-bond acceptors (Lipinski definition) is 8. The molecule has 0 aliphatic carbocycles. The number of nitrogens with one attached hydrogen (secondary N) is 1. The molecule has 3 rings (SSSR count). The predicted molar refractivity (Wildman–Crippen MR) is 73.4 cm³/mol. The van der Waals surface area contributed by atoms with Crippen molar-refractivity contribution in [3.05, 3.63) is 0 Å². The third-order valence-corrected chi connectivity index (χ3v) is 4.31. The Bertz CT molecular complexity index is 538. The van der Waals surface area contributed by atoms with E-state index in [9.17, 15) is 10.2 Å². The van der Waals surface area contributed by atoms with E-state index in [0.717, 1.165) is 0 Å². The number of fused-ring (bicyclic) bond motifs is 1. The van der Waals surface area contributed by atoms with Crippen LogP contribution >= 0.6 is 15.9 Å². The molecule has 0 amide bonds. The number of halogens is 1. The number of aliphatic imine (C=N–C) groups is 3. The zero-order valence-corrected chi connectivity index (χ0v) is 11.7. The second-order valence-electron chi connectivity index (χ2n) is 4.55. The summed E-state index contributed by atoms with van der Waals surface area (Å²) in [4.78, 5) is 13.3. The summed E-state index contributed by atoms with van der Waals surface area (Å²) < 4.78 is 4.21. The Labute approximate surface area is 122 Å². The average molecular weight is 346 g/mol. The van der Waals surface area contributed by atoms with Crippen molar-refractivity contribution in [1.82, 2.24) is 4.90 Å². The van der Waals surface area contributed by atoms with Crippen LogP contribution in [0, 0.1) is 5.41 Å². The fourth-order valence-corrected chi connectivity index (χ4v) is 2.77. The second-order valence-corrected chi connectivity index (χ2v) is 5.70. The second kappa shape index (κ2) is 4.67. The van der Waals surface area contributed by atoms with Gasteiger partial charge in [-0.3, -0.25) is 10.3 Å². The van der Waals surface area contributed by atoms with Gasteiger partial charge in [-0.25, -0.2) is 15.0 Å². The molecular formula is C10H12BrN5O4. The molecule has 3 aliphatic heterocycles. The highest BCUT2D eigenvalue weighted by molar-refractivity contribution is 9.10. The maximum atomic E-state index is 10.0. The van der Waals surface area contributed by atoms with Crippen LogP contribution in [-0.2, 0) is 4.74 Å². The van der Waals surface area contributed by atoms with E-state index in [2.05, 4.69) is 30.9 Å². The molecule has 3 heterocycles. The highest BCUT2D eigenvalue weighted by Gasteiger charge is 2.53. The van der Waals surface area contributed by atoms with Gasteiger partial charge in [-0.1, -0.05) is 0 Å². The van der Waals surface area contributed by atoms with E-state index in [1.807, 2.05) is 0 Å². The smallest absolute Gasteiger partial charge is 0.232 e. The lowest BCUT2D eigenvalue weighted by atomic mass is 10.1. The Hall–Kier alpha value is -1.20. The summed E-state index contributed by atoms with van der Waals surface area (Å²) in [6.45, 7) is -0.414. The van der Waals surface area contributed by atoms with Gasteiger partial charge in [-0.15, -0.1) is 0 Å². The molecule has 1 saturated heterocycles. The van der Waals surface area contributed by atoms with Crippen molar-refractivity contribution >= 4 is 40.3 Å². The van der Waals surface area contributed by atoms with Crippen LogP contribution in [0.3, 0.4) is 0 Å². The Kier molecular flexibility index (Phi) is 3.21. The molecule has 4 N–H and O–H groups in total. The molecule has 20 heavy (non-hydrogen) atoms. The topological polar surface area (TPSA) is 134 Å². The van der Waals surface area contributed by atoms with Crippen molar-refractivity contribution in [3.63, 3.8) is 0 Å². The summed E-state index contributed by atoms with van der Waals surface area (Å²) in [5.41, 5.74) is 0. The van der Waals surface area contributed by atoms with Crippen LogP contribution in [0.2, 0.25) is 0 Å². The third-order valence-electron chi connectivity index (χ3n) is 3.37. The largest absolute Gasteiger partial charge is 0.394 e. The number of nitrogens with zero attached hydrogens (tertiary/aromatic N) is 4. The number of hydrogen-bond donors (Lipinski definition) is 4. The maximum Gasteiger partial charge on any atom is 0.232 e. The molecule has 3 aliphatic rings. The fourth-order valence-electron chi connectivity index (χ4n) is 2.27. The SMILES string of the molecule is N=C1N=CN=C2N([C@@H]3O[C@H](CO)[C@@H](O)[C@H]3O)C=NC12Br. The van der Waals surface area contributed by atoms with Crippen molar-refractivity contribution in [2.75, 3.05) is 6.61 Å². The minimum atomic E-state index is -1.23. The van der Waals surface area contributed by atoms with Gasteiger partial charge >= 0.3 is 0 Å². The first-order valence-electron chi connectivity index (χ1n) is 5.84. The van der Waals surface area contributed by atoms with E-state index >= 15 is 0 Å². The lowest BCUT2D eigenvalue weighted by molar-refractivity contribution is -0.0509. The van der Waals surface area contributed by atoms with Crippen LogP contribution in [0.1, 0.15) is 0 Å². The zero-order chi connectivity index (χ0) is 14.5. The number of rotatable bonds is 2. The molecule has 1 unspecified atom stereocenters. The summed E-state index contributed by atoms with van der Waals surface area (Å²) in [7, 11) is 0. The Morgan fingerprint density at radius 2 is 2.20 bits per heavy atom. The standard InChI is InChI=1S/C10H12BrN5O4/c11-10-8(12)13-2-14-9(10)16(3-15-10)7-6(19)5(18)4(1-17)20-7/h2-7,12,17-19H,1H2/t4-,5-,6-,7-,10?/m1/s1. The van der Waals surface area contributed by atoms with Crippen molar-refractivity contribution in [3.8, 4) is 0 Å². The van der Waals surface area contributed by atoms with Crippen LogP contribution in [0.25, 0.3) is 0 Å². The van der Waals surface area contributed by atoms with Crippen molar-refractivity contribution < 1.29 is 20.1 Å². The molecule has 10 heteroatoms. The number of aliphatic hydroxyl groups is 3.